The summed E-state index contributed by atoms with van der Waals surface area (Å²) in [5.74, 6) is 0.879. The molecule has 4 heteroatoms. The Morgan fingerprint density at radius 2 is 1.66 bits per heavy atom. The van der Waals surface area contributed by atoms with E-state index in [9.17, 15) is 4.79 Å². The van der Waals surface area contributed by atoms with Crippen LogP contribution in [0.5, 0.6) is 5.75 Å². The lowest BCUT2D eigenvalue weighted by molar-refractivity contribution is -0.118. The number of hydrogen-bond donors (Lipinski definition) is 1. The quantitative estimate of drug-likeness (QED) is 0.467. The van der Waals surface area contributed by atoms with E-state index in [0.29, 0.717) is 19.4 Å². The van der Waals surface area contributed by atoms with Gasteiger partial charge in [0.05, 0.1) is 13.7 Å². The summed E-state index contributed by atoms with van der Waals surface area (Å²) in [5.41, 5.74) is 4.25. The molecule has 0 atom stereocenters. The molecule has 0 radical (unpaired) electrons. The van der Waals surface area contributed by atoms with Gasteiger partial charge in [0, 0.05) is 29.2 Å². The van der Waals surface area contributed by atoms with Gasteiger partial charge in [-0.05, 0) is 47.9 Å². The Hall–Kier alpha value is -3.53. The molecule has 0 fully saturated rings. The summed E-state index contributed by atoms with van der Waals surface area (Å²) in [7, 11) is 1.64. The van der Waals surface area contributed by atoms with Gasteiger partial charge < -0.3 is 14.6 Å². The van der Waals surface area contributed by atoms with Gasteiger partial charge in [-0.3, -0.25) is 4.79 Å². The number of ether oxygens (including phenoxy) is 1. The fourth-order valence-corrected chi connectivity index (χ4v) is 3.57. The predicted octanol–water partition coefficient (Wildman–Crippen LogP) is 5.34. The number of aromatic amines is 1. The van der Waals surface area contributed by atoms with E-state index in [4.69, 9.17) is 4.74 Å². The highest BCUT2D eigenvalue weighted by Gasteiger charge is 2.17. The standard InChI is InChI=1S/C25H24N2O2/c1-29-22-14-12-21(13-15-22)27(18-19-7-3-2-4-8-19)25(28)16-11-20-17-26-24-10-6-5-9-23(20)24/h2-10,12-15,17,26H,11,16,18H2,1H3. The summed E-state index contributed by atoms with van der Waals surface area (Å²) >= 11 is 0. The molecule has 0 bridgehead atoms. The van der Waals surface area contributed by atoms with E-state index in [-0.39, 0.29) is 5.91 Å². The number of H-pyrrole nitrogens is 1. The summed E-state index contributed by atoms with van der Waals surface area (Å²) in [6, 6.07) is 25.9. The lowest BCUT2D eigenvalue weighted by atomic mass is 10.1. The van der Waals surface area contributed by atoms with Crippen molar-refractivity contribution in [3.63, 3.8) is 0 Å². The van der Waals surface area contributed by atoms with E-state index in [1.165, 1.54) is 10.9 Å². The van der Waals surface area contributed by atoms with Crippen LogP contribution in [0.25, 0.3) is 10.9 Å². The van der Waals surface area contributed by atoms with Crippen LogP contribution < -0.4 is 9.64 Å². The van der Waals surface area contributed by atoms with Crippen LogP contribution in [0.2, 0.25) is 0 Å². The highest BCUT2D eigenvalue weighted by molar-refractivity contribution is 5.94. The second-order valence-electron chi connectivity index (χ2n) is 7.02. The molecule has 0 saturated heterocycles. The Morgan fingerprint density at radius 1 is 0.931 bits per heavy atom. The van der Waals surface area contributed by atoms with E-state index in [1.807, 2.05) is 77.8 Å². The van der Waals surface area contributed by atoms with Gasteiger partial charge in [0.15, 0.2) is 0 Å². The zero-order chi connectivity index (χ0) is 20.1. The Kier molecular flexibility index (Phi) is 5.61. The van der Waals surface area contributed by atoms with Crippen molar-refractivity contribution in [2.24, 2.45) is 0 Å². The topological polar surface area (TPSA) is 45.3 Å². The third kappa shape index (κ3) is 4.32. The molecule has 3 aromatic carbocycles. The molecule has 0 aliphatic rings. The number of carbonyl (C=O) groups is 1. The number of aromatic nitrogens is 1. The van der Waals surface area contributed by atoms with Crippen LogP contribution >= 0.6 is 0 Å². The number of carbonyl (C=O) groups excluding carboxylic acids is 1. The number of methoxy groups -OCH3 is 1. The normalized spacial score (nSPS) is 10.8. The van der Waals surface area contributed by atoms with Crippen molar-refractivity contribution >= 4 is 22.5 Å². The Labute approximate surface area is 170 Å². The Bertz CT molecular complexity index is 1080. The van der Waals surface area contributed by atoms with Gasteiger partial charge in [-0.15, -0.1) is 0 Å². The summed E-state index contributed by atoms with van der Waals surface area (Å²) in [5, 5.41) is 1.18. The third-order valence-electron chi connectivity index (χ3n) is 5.15. The maximum Gasteiger partial charge on any atom is 0.227 e. The predicted molar refractivity (Wildman–Crippen MR) is 117 cm³/mol. The van der Waals surface area contributed by atoms with Gasteiger partial charge in [0.25, 0.3) is 0 Å². The molecule has 29 heavy (non-hydrogen) atoms. The van der Waals surface area contributed by atoms with E-state index in [2.05, 4.69) is 17.1 Å². The summed E-state index contributed by atoms with van der Waals surface area (Å²) in [6.45, 7) is 0.542. The van der Waals surface area contributed by atoms with Crippen molar-refractivity contribution in [1.29, 1.82) is 0 Å². The highest BCUT2D eigenvalue weighted by atomic mass is 16.5. The van der Waals surface area contributed by atoms with Gasteiger partial charge in [-0.25, -0.2) is 0 Å². The zero-order valence-corrected chi connectivity index (χ0v) is 16.5. The van der Waals surface area contributed by atoms with Crippen molar-refractivity contribution in [2.45, 2.75) is 19.4 Å². The molecule has 0 aliphatic heterocycles. The summed E-state index contributed by atoms with van der Waals surface area (Å²) in [4.78, 5) is 18.4. The van der Waals surface area contributed by atoms with Crippen LogP contribution in [0.3, 0.4) is 0 Å². The van der Waals surface area contributed by atoms with Crippen LogP contribution in [0.15, 0.2) is 85.1 Å². The van der Waals surface area contributed by atoms with Gasteiger partial charge in [-0.2, -0.15) is 0 Å². The molecule has 0 aliphatic carbocycles. The number of nitrogens with one attached hydrogen (secondary N) is 1. The Morgan fingerprint density at radius 3 is 2.41 bits per heavy atom. The average molecular weight is 384 g/mol. The van der Waals surface area contributed by atoms with E-state index in [0.717, 1.165) is 22.5 Å². The third-order valence-corrected chi connectivity index (χ3v) is 5.15. The summed E-state index contributed by atoms with van der Waals surface area (Å²) < 4.78 is 5.26. The number of hydrogen-bond acceptors (Lipinski definition) is 2. The van der Waals surface area contributed by atoms with Gasteiger partial charge >= 0.3 is 0 Å². The average Bonchev–Trinajstić information content (AvgIpc) is 3.20. The molecule has 4 aromatic rings. The second-order valence-corrected chi connectivity index (χ2v) is 7.02. The van der Waals surface area contributed by atoms with Gasteiger partial charge in [0.1, 0.15) is 5.75 Å². The molecule has 1 heterocycles. The van der Waals surface area contributed by atoms with Crippen molar-refractivity contribution in [1.82, 2.24) is 4.98 Å². The molecular formula is C25H24N2O2. The second kappa shape index (κ2) is 8.65. The fraction of sp³-hybridized carbons (Fsp3) is 0.160. The maximum atomic E-state index is 13.2. The molecule has 1 N–H and O–H groups in total. The first-order chi connectivity index (χ1) is 14.2. The van der Waals surface area contributed by atoms with Crippen LogP contribution in [0.4, 0.5) is 5.69 Å². The first-order valence-corrected chi connectivity index (χ1v) is 9.78. The minimum Gasteiger partial charge on any atom is -0.497 e. The van der Waals surface area contributed by atoms with Gasteiger partial charge in [0.2, 0.25) is 5.91 Å². The minimum atomic E-state index is 0.101. The van der Waals surface area contributed by atoms with Crippen LogP contribution in [0.1, 0.15) is 17.5 Å². The van der Waals surface area contributed by atoms with Crippen LogP contribution in [0, 0.1) is 0 Å². The number of nitrogens with zero attached hydrogens (tertiary/aromatic N) is 1. The molecule has 4 rings (SSSR count). The number of anilines is 1. The zero-order valence-electron chi connectivity index (χ0n) is 16.5. The van der Waals surface area contributed by atoms with Crippen molar-refractivity contribution in [3.05, 3.63) is 96.2 Å². The molecule has 146 valence electrons. The number of amides is 1. The molecule has 4 nitrogen and oxygen atoms in total. The first kappa shape index (κ1) is 18.8. The molecule has 1 aromatic heterocycles. The molecule has 0 spiro atoms. The molecule has 0 saturated carbocycles. The van der Waals surface area contributed by atoms with E-state index < -0.39 is 0 Å². The number of rotatable bonds is 7. The summed E-state index contributed by atoms with van der Waals surface area (Å²) in [6.07, 6.45) is 3.15. The van der Waals surface area contributed by atoms with Crippen molar-refractivity contribution in [2.75, 3.05) is 12.0 Å². The molecular weight excluding hydrogens is 360 g/mol. The minimum absolute atomic E-state index is 0.101. The number of fused-ring (bicyclic) bond motifs is 1. The van der Waals surface area contributed by atoms with E-state index in [1.54, 1.807) is 7.11 Å². The van der Waals surface area contributed by atoms with Crippen molar-refractivity contribution < 1.29 is 9.53 Å². The van der Waals surface area contributed by atoms with Crippen LogP contribution in [-0.4, -0.2) is 18.0 Å². The molecule has 0 unspecified atom stereocenters. The maximum absolute atomic E-state index is 13.2. The largest absolute Gasteiger partial charge is 0.497 e. The Balaban J connectivity index is 1.54. The lowest BCUT2D eigenvalue weighted by Crippen LogP contribution is -2.30. The van der Waals surface area contributed by atoms with E-state index >= 15 is 0 Å². The smallest absolute Gasteiger partial charge is 0.227 e. The number of aryl methyl sites for hydroxylation is 1. The number of benzene rings is 3. The first-order valence-electron chi connectivity index (χ1n) is 9.78. The monoisotopic (exact) mass is 384 g/mol. The SMILES string of the molecule is COc1ccc(N(Cc2ccccc2)C(=O)CCc2c[nH]c3ccccc23)cc1. The molecule has 1 amide bonds. The lowest BCUT2D eigenvalue weighted by Gasteiger charge is -2.23. The fourth-order valence-electron chi connectivity index (χ4n) is 3.57. The highest BCUT2D eigenvalue weighted by Crippen LogP contribution is 2.24. The number of para-hydroxylation sites is 1. The van der Waals surface area contributed by atoms with Crippen molar-refractivity contribution in [3.8, 4) is 5.75 Å². The van der Waals surface area contributed by atoms with Crippen LogP contribution in [-0.2, 0) is 17.8 Å². The van der Waals surface area contributed by atoms with Gasteiger partial charge in [-0.1, -0.05) is 48.5 Å².